The van der Waals surface area contributed by atoms with Crippen LogP contribution < -0.4 is 14.8 Å². The Hall–Kier alpha value is -3.45. The third-order valence-corrected chi connectivity index (χ3v) is 5.09. The Morgan fingerprint density at radius 2 is 1.93 bits per heavy atom. The highest BCUT2D eigenvalue weighted by Crippen LogP contribution is 2.39. The van der Waals surface area contributed by atoms with E-state index in [-0.39, 0.29) is 5.91 Å². The van der Waals surface area contributed by atoms with E-state index < -0.39 is 0 Å². The van der Waals surface area contributed by atoms with Crippen LogP contribution in [0.5, 0.6) is 11.5 Å². The highest BCUT2D eigenvalue weighted by atomic mass is 32.1. The fourth-order valence-corrected chi connectivity index (χ4v) is 3.71. The molecule has 140 valence electrons. The number of anilines is 1. The normalized spacial score (nSPS) is 10.6. The lowest BCUT2D eigenvalue weighted by Gasteiger charge is -2.10. The monoisotopic (exact) mass is 391 g/mol. The molecule has 0 unspecified atom stereocenters. The molecule has 6 nitrogen and oxygen atoms in total. The predicted molar refractivity (Wildman–Crippen MR) is 110 cm³/mol. The predicted octanol–water partition coefficient (Wildman–Crippen LogP) is 4.63. The summed E-state index contributed by atoms with van der Waals surface area (Å²) in [6, 6.07) is 15.2. The van der Waals surface area contributed by atoms with E-state index in [1.807, 2.05) is 48.5 Å². The molecular formula is C21H17N3O3S. The highest BCUT2D eigenvalue weighted by molar-refractivity contribution is 7.13. The van der Waals surface area contributed by atoms with E-state index in [0.717, 1.165) is 16.5 Å². The summed E-state index contributed by atoms with van der Waals surface area (Å²) in [5, 5.41) is 6.21. The molecule has 1 N–H and O–H groups in total. The fourth-order valence-electron chi connectivity index (χ4n) is 2.89. The number of benzene rings is 2. The number of pyridine rings is 1. The van der Waals surface area contributed by atoms with E-state index in [9.17, 15) is 4.79 Å². The first kappa shape index (κ1) is 17.9. The number of ether oxygens (including phenoxy) is 2. The van der Waals surface area contributed by atoms with Crippen molar-refractivity contribution in [2.24, 2.45) is 0 Å². The van der Waals surface area contributed by atoms with Crippen molar-refractivity contribution < 1.29 is 14.3 Å². The van der Waals surface area contributed by atoms with Gasteiger partial charge in [0.05, 0.1) is 37.2 Å². The van der Waals surface area contributed by atoms with Crippen molar-refractivity contribution in [2.45, 2.75) is 0 Å². The fraction of sp³-hybridized carbons (Fsp3) is 0.0952. The number of hydrogen-bond acceptors (Lipinski definition) is 6. The third-order valence-electron chi connectivity index (χ3n) is 4.22. The molecule has 1 amide bonds. The zero-order valence-corrected chi connectivity index (χ0v) is 16.1. The number of thiazole rings is 1. The van der Waals surface area contributed by atoms with E-state index in [1.54, 1.807) is 25.8 Å². The number of rotatable bonds is 5. The first-order valence-electron chi connectivity index (χ1n) is 8.52. The van der Waals surface area contributed by atoms with Crippen LogP contribution in [0.1, 0.15) is 10.5 Å². The van der Waals surface area contributed by atoms with Crippen LogP contribution in [-0.4, -0.2) is 30.1 Å². The number of hydrogen-bond donors (Lipinski definition) is 1. The Labute approximate surface area is 165 Å². The first-order valence-corrected chi connectivity index (χ1v) is 9.40. The summed E-state index contributed by atoms with van der Waals surface area (Å²) in [7, 11) is 3.16. The topological polar surface area (TPSA) is 73.3 Å². The van der Waals surface area contributed by atoms with E-state index in [4.69, 9.17) is 9.47 Å². The second-order valence-corrected chi connectivity index (χ2v) is 6.81. The molecule has 0 saturated heterocycles. The van der Waals surface area contributed by atoms with E-state index >= 15 is 0 Å². The maximum absolute atomic E-state index is 12.6. The van der Waals surface area contributed by atoms with Gasteiger partial charge < -0.3 is 14.8 Å². The Morgan fingerprint density at radius 3 is 2.75 bits per heavy atom. The molecular weight excluding hydrogens is 374 g/mol. The van der Waals surface area contributed by atoms with Gasteiger partial charge in [0.1, 0.15) is 10.7 Å². The Balaban J connectivity index is 1.59. The second-order valence-electron chi connectivity index (χ2n) is 5.95. The van der Waals surface area contributed by atoms with Gasteiger partial charge in [-0.05, 0) is 24.3 Å². The standard InChI is InChI=1S/C21H17N3O3S/c1-26-18-9-5-7-15(19(18)27-2)21-24-17(12-28-21)20(25)23-14-10-13-6-3-4-8-16(13)22-11-14/h3-12H,1-2H3,(H,23,25). The lowest BCUT2D eigenvalue weighted by molar-refractivity contribution is 0.102. The van der Waals surface area contributed by atoms with E-state index in [2.05, 4.69) is 15.3 Å². The second kappa shape index (κ2) is 7.66. The van der Waals surface area contributed by atoms with Crippen LogP contribution >= 0.6 is 11.3 Å². The number of carbonyl (C=O) groups excluding carboxylic acids is 1. The number of carbonyl (C=O) groups is 1. The van der Waals surface area contributed by atoms with Crippen LogP contribution in [0.15, 0.2) is 60.1 Å². The molecule has 4 rings (SSSR count). The Bertz CT molecular complexity index is 1160. The van der Waals surface area contributed by atoms with Crippen LogP contribution in [0.25, 0.3) is 21.5 Å². The number of para-hydroxylation sites is 2. The highest BCUT2D eigenvalue weighted by Gasteiger charge is 2.17. The van der Waals surface area contributed by atoms with Crippen LogP contribution in [-0.2, 0) is 0 Å². The van der Waals surface area contributed by atoms with Gasteiger partial charge in [-0.3, -0.25) is 9.78 Å². The van der Waals surface area contributed by atoms with Gasteiger partial charge in [-0.2, -0.15) is 0 Å². The van der Waals surface area contributed by atoms with Gasteiger partial charge in [-0.25, -0.2) is 4.98 Å². The number of methoxy groups -OCH3 is 2. The van der Waals surface area contributed by atoms with Crippen molar-refractivity contribution in [2.75, 3.05) is 19.5 Å². The first-order chi connectivity index (χ1) is 13.7. The van der Waals surface area contributed by atoms with Gasteiger partial charge in [0.15, 0.2) is 11.5 Å². The SMILES string of the molecule is COc1cccc(-c2nc(C(=O)Nc3cnc4ccccc4c3)cs2)c1OC. The summed E-state index contributed by atoms with van der Waals surface area (Å²) in [4.78, 5) is 21.5. The van der Waals surface area contributed by atoms with Gasteiger partial charge in [0, 0.05) is 10.8 Å². The largest absolute Gasteiger partial charge is 0.493 e. The van der Waals surface area contributed by atoms with E-state index in [0.29, 0.717) is 27.9 Å². The van der Waals surface area contributed by atoms with Gasteiger partial charge >= 0.3 is 0 Å². The van der Waals surface area contributed by atoms with Crippen molar-refractivity contribution in [3.05, 3.63) is 65.8 Å². The summed E-state index contributed by atoms with van der Waals surface area (Å²) in [5.74, 6) is 0.912. The van der Waals surface area contributed by atoms with Crippen molar-refractivity contribution in [3.8, 4) is 22.1 Å². The maximum Gasteiger partial charge on any atom is 0.275 e. The number of fused-ring (bicyclic) bond motifs is 1. The van der Waals surface area contributed by atoms with Crippen LogP contribution in [0, 0.1) is 0 Å². The van der Waals surface area contributed by atoms with Crippen LogP contribution in [0.4, 0.5) is 5.69 Å². The van der Waals surface area contributed by atoms with Gasteiger partial charge in [0.2, 0.25) is 0 Å². The lowest BCUT2D eigenvalue weighted by atomic mass is 10.2. The van der Waals surface area contributed by atoms with Crippen LogP contribution in [0.3, 0.4) is 0 Å². The molecule has 0 radical (unpaired) electrons. The summed E-state index contributed by atoms with van der Waals surface area (Å²) >= 11 is 1.37. The van der Waals surface area contributed by atoms with Gasteiger partial charge in [-0.1, -0.05) is 24.3 Å². The van der Waals surface area contributed by atoms with Gasteiger partial charge in [-0.15, -0.1) is 11.3 Å². The molecule has 0 saturated carbocycles. The molecule has 0 atom stereocenters. The molecule has 0 bridgehead atoms. The summed E-state index contributed by atoms with van der Waals surface area (Å²) < 4.78 is 10.8. The minimum absolute atomic E-state index is 0.290. The molecule has 4 aromatic rings. The number of nitrogens with zero attached hydrogens (tertiary/aromatic N) is 2. The molecule has 0 fully saturated rings. The Morgan fingerprint density at radius 1 is 1.07 bits per heavy atom. The minimum Gasteiger partial charge on any atom is -0.493 e. The minimum atomic E-state index is -0.290. The molecule has 0 aliphatic heterocycles. The average molecular weight is 391 g/mol. The third kappa shape index (κ3) is 3.39. The van der Waals surface area contributed by atoms with Gasteiger partial charge in [0.25, 0.3) is 5.91 Å². The molecule has 7 heteroatoms. The van der Waals surface area contributed by atoms with E-state index in [1.165, 1.54) is 11.3 Å². The zero-order valence-electron chi connectivity index (χ0n) is 15.3. The van der Waals surface area contributed by atoms with Crippen LogP contribution in [0.2, 0.25) is 0 Å². The average Bonchev–Trinajstić information content (AvgIpc) is 3.23. The van der Waals surface area contributed by atoms with Crippen molar-refractivity contribution in [1.29, 1.82) is 0 Å². The lowest BCUT2D eigenvalue weighted by Crippen LogP contribution is -2.12. The van der Waals surface area contributed by atoms with Crippen molar-refractivity contribution in [1.82, 2.24) is 9.97 Å². The molecule has 0 aliphatic carbocycles. The maximum atomic E-state index is 12.6. The van der Waals surface area contributed by atoms with Crippen molar-refractivity contribution >= 4 is 33.8 Å². The quantitative estimate of drug-likeness (QED) is 0.537. The summed E-state index contributed by atoms with van der Waals surface area (Å²) in [5.41, 5.74) is 2.61. The molecule has 2 aromatic heterocycles. The molecule has 28 heavy (non-hydrogen) atoms. The zero-order chi connectivity index (χ0) is 19.5. The summed E-state index contributed by atoms with van der Waals surface area (Å²) in [6.07, 6.45) is 1.64. The van der Waals surface area contributed by atoms with Crippen molar-refractivity contribution in [3.63, 3.8) is 0 Å². The molecule has 0 aliphatic rings. The number of aromatic nitrogens is 2. The molecule has 0 spiro atoms. The smallest absolute Gasteiger partial charge is 0.275 e. The molecule has 2 aromatic carbocycles. The number of nitrogens with one attached hydrogen (secondary N) is 1. The number of amides is 1. The molecule has 2 heterocycles. The Kier molecular flexibility index (Phi) is 4.90. The summed E-state index contributed by atoms with van der Waals surface area (Å²) in [6.45, 7) is 0.